The molecule has 2 aromatic rings. The van der Waals surface area contributed by atoms with Crippen molar-refractivity contribution in [2.75, 3.05) is 0 Å². The van der Waals surface area contributed by atoms with Crippen molar-refractivity contribution in [2.24, 2.45) is 5.14 Å². The molecule has 0 heterocycles. The van der Waals surface area contributed by atoms with Gasteiger partial charge in [0.15, 0.2) is 0 Å². The van der Waals surface area contributed by atoms with E-state index in [1.165, 1.54) is 24.3 Å². The van der Waals surface area contributed by atoms with E-state index in [-0.39, 0.29) is 17.0 Å². The second-order valence-corrected chi connectivity index (χ2v) is 6.36. The van der Waals surface area contributed by atoms with Crippen LogP contribution in [0, 0.1) is 12.7 Å². The van der Waals surface area contributed by atoms with Crippen molar-refractivity contribution < 1.29 is 17.6 Å². The van der Waals surface area contributed by atoms with Crippen molar-refractivity contribution in [1.82, 2.24) is 5.32 Å². The third-order valence-corrected chi connectivity index (χ3v) is 4.09. The minimum Gasteiger partial charge on any atom is -0.348 e. The zero-order valence-electron chi connectivity index (χ0n) is 11.8. The van der Waals surface area contributed by atoms with E-state index in [9.17, 15) is 17.6 Å². The number of carbonyl (C=O) groups is 1. The van der Waals surface area contributed by atoms with Crippen LogP contribution in [0.3, 0.4) is 0 Å². The van der Waals surface area contributed by atoms with Gasteiger partial charge in [-0.3, -0.25) is 4.79 Å². The molecule has 22 heavy (non-hydrogen) atoms. The fraction of sp³-hybridized carbons (Fsp3) is 0.133. The standard InChI is InChI=1S/C15H15FN2O3S/c1-10-6-7-12(22(17,20)21)8-13(10)15(19)18-9-11-4-2-3-5-14(11)16/h2-8H,9H2,1H3,(H,18,19)(H2,17,20,21). The third-order valence-electron chi connectivity index (χ3n) is 3.18. The van der Waals surface area contributed by atoms with Crippen LogP contribution in [0.25, 0.3) is 0 Å². The summed E-state index contributed by atoms with van der Waals surface area (Å²) < 4.78 is 36.2. The largest absolute Gasteiger partial charge is 0.348 e. The summed E-state index contributed by atoms with van der Waals surface area (Å²) in [5.74, 6) is -0.913. The number of primary sulfonamides is 1. The molecule has 0 fully saturated rings. The van der Waals surface area contributed by atoms with Gasteiger partial charge in [-0.25, -0.2) is 17.9 Å². The maximum Gasteiger partial charge on any atom is 0.251 e. The van der Waals surface area contributed by atoms with E-state index in [0.29, 0.717) is 11.1 Å². The molecular formula is C15H15FN2O3S. The van der Waals surface area contributed by atoms with Crippen LogP contribution in [-0.4, -0.2) is 14.3 Å². The molecule has 0 spiro atoms. The van der Waals surface area contributed by atoms with Crippen molar-refractivity contribution in [3.63, 3.8) is 0 Å². The molecular weight excluding hydrogens is 307 g/mol. The number of nitrogens with two attached hydrogens (primary N) is 1. The quantitative estimate of drug-likeness (QED) is 0.898. The number of carbonyl (C=O) groups excluding carboxylic acids is 1. The summed E-state index contributed by atoms with van der Waals surface area (Å²) in [7, 11) is -3.89. The number of hydrogen-bond acceptors (Lipinski definition) is 3. The van der Waals surface area contributed by atoms with Crippen molar-refractivity contribution in [3.8, 4) is 0 Å². The predicted octanol–water partition coefficient (Wildman–Crippen LogP) is 1.71. The lowest BCUT2D eigenvalue weighted by atomic mass is 10.1. The second kappa shape index (κ2) is 6.25. The van der Waals surface area contributed by atoms with Crippen LogP contribution in [0.1, 0.15) is 21.5 Å². The van der Waals surface area contributed by atoms with E-state index in [1.54, 1.807) is 25.1 Å². The molecule has 0 saturated heterocycles. The molecule has 0 atom stereocenters. The third kappa shape index (κ3) is 3.69. The average Bonchev–Trinajstić information content (AvgIpc) is 2.45. The van der Waals surface area contributed by atoms with E-state index in [2.05, 4.69) is 5.32 Å². The minimum absolute atomic E-state index is 0.00451. The maximum atomic E-state index is 13.5. The lowest BCUT2D eigenvalue weighted by Gasteiger charge is -2.09. The summed E-state index contributed by atoms with van der Waals surface area (Å²) in [6.45, 7) is 1.68. The molecule has 0 aliphatic rings. The molecule has 0 bridgehead atoms. The maximum absolute atomic E-state index is 13.5. The van der Waals surface area contributed by atoms with E-state index < -0.39 is 21.7 Å². The van der Waals surface area contributed by atoms with Crippen LogP contribution < -0.4 is 10.5 Å². The normalized spacial score (nSPS) is 11.2. The summed E-state index contributed by atoms with van der Waals surface area (Å²) >= 11 is 0. The Balaban J connectivity index is 2.21. The molecule has 0 aliphatic heterocycles. The molecule has 5 nitrogen and oxygen atoms in total. The monoisotopic (exact) mass is 322 g/mol. The first kappa shape index (κ1) is 16.1. The van der Waals surface area contributed by atoms with Gasteiger partial charge in [0.2, 0.25) is 10.0 Å². The SMILES string of the molecule is Cc1ccc(S(N)(=O)=O)cc1C(=O)NCc1ccccc1F. The Labute approximate surface area is 128 Å². The van der Waals surface area contributed by atoms with Gasteiger partial charge in [-0.05, 0) is 30.7 Å². The first-order valence-electron chi connectivity index (χ1n) is 6.44. The molecule has 2 aromatic carbocycles. The van der Waals surface area contributed by atoms with Gasteiger partial charge in [0.1, 0.15) is 5.82 Å². The Bertz CT molecular complexity index is 819. The van der Waals surface area contributed by atoms with Crippen LogP contribution in [0.4, 0.5) is 4.39 Å². The Morgan fingerprint density at radius 1 is 1.23 bits per heavy atom. The molecule has 0 aliphatic carbocycles. The zero-order valence-corrected chi connectivity index (χ0v) is 12.7. The smallest absolute Gasteiger partial charge is 0.251 e. The lowest BCUT2D eigenvalue weighted by molar-refractivity contribution is 0.0950. The van der Waals surface area contributed by atoms with Gasteiger partial charge >= 0.3 is 0 Å². The van der Waals surface area contributed by atoms with Gasteiger partial charge in [0.05, 0.1) is 4.90 Å². The van der Waals surface area contributed by atoms with Crippen molar-refractivity contribution >= 4 is 15.9 Å². The summed E-state index contributed by atoms with van der Waals surface area (Å²) in [6, 6.07) is 10.1. The predicted molar refractivity (Wildman–Crippen MR) is 80.1 cm³/mol. The Morgan fingerprint density at radius 3 is 2.55 bits per heavy atom. The van der Waals surface area contributed by atoms with E-state index in [1.807, 2.05) is 0 Å². The summed E-state index contributed by atoms with van der Waals surface area (Å²) in [4.78, 5) is 12.0. The number of hydrogen-bond donors (Lipinski definition) is 2. The number of benzene rings is 2. The first-order chi connectivity index (χ1) is 10.3. The number of nitrogens with one attached hydrogen (secondary N) is 1. The molecule has 0 aromatic heterocycles. The molecule has 0 unspecified atom stereocenters. The highest BCUT2D eigenvalue weighted by atomic mass is 32.2. The van der Waals surface area contributed by atoms with E-state index in [4.69, 9.17) is 5.14 Å². The summed E-state index contributed by atoms with van der Waals surface area (Å²) in [5, 5.41) is 7.61. The van der Waals surface area contributed by atoms with Gasteiger partial charge < -0.3 is 5.32 Å². The topological polar surface area (TPSA) is 89.3 Å². The van der Waals surface area contributed by atoms with E-state index in [0.717, 1.165) is 0 Å². The number of aryl methyl sites for hydroxylation is 1. The molecule has 3 N–H and O–H groups in total. The van der Waals surface area contributed by atoms with Crippen molar-refractivity contribution in [1.29, 1.82) is 0 Å². The highest BCUT2D eigenvalue weighted by molar-refractivity contribution is 7.89. The van der Waals surface area contributed by atoms with Gasteiger partial charge in [0.25, 0.3) is 5.91 Å². The van der Waals surface area contributed by atoms with Crippen molar-refractivity contribution in [2.45, 2.75) is 18.4 Å². The molecule has 1 amide bonds. The number of sulfonamides is 1. The van der Waals surface area contributed by atoms with Crippen LogP contribution in [0.2, 0.25) is 0 Å². The zero-order chi connectivity index (χ0) is 16.3. The van der Waals surface area contributed by atoms with Gasteiger partial charge in [-0.2, -0.15) is 0 Å². The summed E-state index contributed by atoms with van der Waals surface area (Å²) in [6.07, 6.45) is 0. The summed E-state index contributed by atoms with van der Waals surface area (Å²) in [5.41, 5.74) is 1.12. The number of rotatable bonds is 4. The Hall–Kier alpha value is -2.25. The average molecular weight is 322 g/mol. The fourth-order valence-corrected chi connectivity index (χ4v) is 2.48. The number of halogens is 1. The van der Waals surface area contributed by atoms with Crippen molar-refractivity contribution in [3.05, 3.63) is 65.0 Å². The van der Waals surface area contributed by atoms with Crippen LogP contribution in [0.5, 0.6) is 0 Å². The Morgan fingerprint density at radius 2 is 1.91 bits per heavy atom. The lowest BCUT2D eigenvalue weighted by Crippen LogP contribution is -2.24. The van der Waals surface area contributed by atoms with Gasteiger partial charge in [-0.15, -0.1) is 0 Å². The van der Waals surface area contributed by atoms with Crippen LogP contribution in [0.15, 0.2) is 47.4 Å². The molecule has 0 saturated carbocycles. The van der Waals surface area contributed by atoms with Crippen LogP contribution in [-0.2, 0) is 16.6 Å². The van der Waals surface area contributed by atoms with Gasteiger partial charge in [0, 0.05) is 17.7 Å². The first-order valence-corrected chi connectivity index (χ1v) is 7.99. The number of amides is 1. The Kier molecular flexibility index (Phi) is 4.58. The molecule has 7 heteroatoms. The molecule has 116 valence electrons. The molecule has 2 rings (SSSR count). The fourth-order valence-electron chi connectivity index (χ4n) is 1.94. The van der Waals surface area contributed by atoms with Crippen LogP contribution >= 0.6 is 0 Å². The highest BCUT2D eigenvalue weighted by Crippen LogP contribution is 2.15. The minimum atomic E-state index is -3.89. The van der Waals surface area contributed by atoms with Gasteiger partial charge in [-0.1, -0.05) is 24.3 Å². The highest BCUT2D eigenvalue weighted by Gasteiger charge is 2.15. The second-order valence-electron chi connectivity index (χ2n) is 4.80. The van der Waals surface area contributed by atoms with E-state index >= 15 is 0 Å². The molecule has 0 radical (unpaired) electrons.